The maximum atomic E-state index is 5.95. The highest BCUT2D eigenvalue weighted by atomic mass is 35.5. The van der Waals surface area contributed by atoms with Crippen molar-refractivity contribution < 1.29 is 26.4 Å². The van der Waals surface area contributed by atoms with E-state index in [1.807, 2.05) is 0 Å². The molecule has 0 N–H and O–H groups in total. The van der Waals surface area contributed by atoms with E-state index in [0.29, 0.717) is 18.6 Å². The molecule has 2 aromatic rings. The van der Waals surface area contributed by atoms with E-state index in [2.05, 4.69) is 104 Å². The second-order valence-electron chi connectivity index (χ2n) is 11.4. The van der Waals surface area contributed by atoms with E-state index in [0.717, 1.165) is 36.3 Å². The summed E-state index contributed by atoms with van der Waals surface area (Å²) < 4.78 is 12.7. The molecule has 0 aliphatic heterocycles. The minimum absolute atomic E-state index is 0. The number of rotatable bonds is 11. The normalized spacial score (nSPS) is 12.4. The lowest BCUT2D eigenvalue weighted by Crippen LogP contribution is -3.00. The minimum atomic E-state index is 0. The summed E-state index contributed by atoms with van der Waals surface area (Å²) in [6.07, 6.45) is 1.15. The van der Waals surface area contributed by atoms with Crippen molar-refractivity contribution in [1.82, 2.24) is 0 Å². The number of benzene rings is 2. The largest absolute Gasteiger partial charge is 1.00 e. The molecule has 0 heterocycles. The summed E-state index contributed by atoms with van der Waals surface area (Å²) in [4.78, 5) is 0. The number of aryl methyl sites for hydroxylation is 1. The molecule has 2 aromatic carbocycles. The van der Waals surface area contributed by atoms with Crippen molar-refractivity contribution in [1.29, 1.82) is 0 Å². The van der Waals surface area contributed by atoms with E-state index >= 15 is 0 Å². The molecular weight excluding hydrogens is 418 g/mol. The van der Waals surface area contributed by atoms with Gasteiger partial charge in [-0.15, -0.1) is 0 Å². The van der Waals surface area contributed by atoms with Crippen LogP contribution in [0.3, 0.4) is 0 Å². The quantitative estimate of drug-likeness (QED) is 0.377. The fourth-order valence-corrected chi connectivity index (χ4v) is 4.70. The summed E-state index contributed by atoms with van der Waals surface area (Å²) in [6, 6.07) is 17.1. The monoisotopic (exact) mass is 461 g/mol. The Labute approximate surface area is 203 Å². The average Bonchev–Trinajstić information content (AvgIpc) is 2.63. The smallest absolute Gasteiger partial charge is 0.119 e. The van der Waals surface area contributed by atoms with Crippen LogP contribution in [0.5, 0.6) is 5.75 Å². The molecule has 0 aliphatic rings. The van der Waals surface area contributed by atoms with Crippen LogP contribution in [0.4, 0.5) is 0 Å². The van der Waals surface area contributed by atoms with Crippen LogP contribution in [-0.4, -0.2) is 44.9 Å². The minimum Gasteiger partial charge on any atom is -1.00 e. The third-order valence-corrected chi connectivity index (χ3v) is 5.69. The van der Waals surface area contributed by atoms with Crippen LogP contribution in [0.15, 0.2) is 48.5 Å². The standard InChI is InChI=1S/C28H44NO2.ClH/c1-23-20-25(14-15-26(23)28(5,6)22-27(2,3)4)31-19-18-30-17-16-29(7,8)21-24-12-10-9-11-13-24;/h9-15,20H,16-19,21-22H2,1-8H3;1H/q+1;/p-1. The van der Waals surface area contributed by atoms with Crippen LogP contribution in [-0.2, 0) is 16.7 Å². The van der Waals surface area contributed by atoms with Gasteiger partial charge in [0.2, 0.25) is 0 Å². The van der Waals surface area contributed by atoms with Crippen LogP contribution in [0.25, 0.3) is 0 Å². The van der Waals surface area contributed by atoms with Gasteiger partial charge in [-0.2, -0.15) is 0 Å². The molecule has 4 heteroatoms. The number of ether oxygens (including phenoxy) is 2. The first-order chi connectivity index (χ1) is 14.4. The summed E-state index contributed by atoms with van der Waals surface area (Å²) in [7, 11) is 4.50. The van der Waals surface area contributed by atoms with E-state index in [1.165, 1.54) is 16.7 Å². The van der Waals surface area contributed by atoms with Crippen LogP contribution in [0.1, 0.15) is 57.7 Å². The summed E-state index contributed by atoms with van der Waals surface area (Å²) >= 11 is 0. The molecule has 0 unspecified atom stereocenters. The molecule has 180 valence electrons. The maximum Gasteiger partial charge on any atom is 0.119 e. The van der Waals surface area contributed by atoms with E-state index in [-0.39, 0.29) is 17.8 Å². The Bertz CT molecular complexity index is 810. The van der Waals surface area contributed by atoms with Crippen molar-refractivity contribution in [3.05, 3.63) is 65.2 Å². The molecule has 0 atom stereocenters. The molecule has 0 aliphatic carbocycles. The fraction of sp³-hybridized carbons (Fsp3) is 0.571. The van der Waals surface area contributed by atoms with E-state index in [9.17, 15) is 0 Å². The molecule has 0 fully saturated rings. The van der Waals surface area contributed by atoms with Crippen LogP contribution >= 0.6 is 0 Å². The Morgan fingerprint density at radius 2 is 1.50 bits per heavy atom. The Kier molecular flexibility index (Phi) is 10.7. The topological polar surface area (TPSA) is 18.5 Å². The number of hydrogen-bond acceptors (Lipinski definition) is 2. The Morgan fingerprint density at radius 3 is 2.09 bits per heavy atom. The first-order valence-electron chi connectivity index (χ1n) is 11.6. The zero-order valence-corrected chi connectivity index (χ0v) is 22.3. The van der Waals surface area contributed by atoms with E-state index in [4.69, 9.17) is 9.47 Å². The van der Waals surface area contributed by atoms with Crippen molar-refractivity contribution >= 4 is 0 Å². The molecule has 0 amide bonds. The van der Waals surface area contributed by atoms with Crippen molar-refractivity contribution in [2.75, 3.05) is 40.5 Å². The lowest BCUT2D eigenvalue weighted by molar-refractivity contribution is -0.904. The Hall–Kier alpha value is -1.55. The van der Waals surface area contributed by atoms with Crippen LogP contribution in [0, 0.1) is 12.3 Å². The van der Waals surface area contributed by atoms with Crippen molar-refractivity contribution in [2.24, 2.45) is 5.41 Å². The molecule has 0 saturated carbocycles. The first kappa shape index (κ1) is 28.5. The van der Waals surface area contributed by atoms with E-state index < -0.39 is 0 Å². The lowest BCUT2D eigenvalue weighted by Gasteiger charge is -2.34. The van der Waals surface area contributed by atoms with E-state index in [1.54, 1.807) is 0 Å². The summed E-state index contributed by atoms with van der Waals surface area (Å²) in [6.45, 7) is 17.7. The highest BCUT2D eigenvalue weighted by molar-refractivity contribution is 5.39. The maximum absolute atomic E-state index is 5.95. The molecular formula is C28H44ClNO2. The van der Waals surface area contributed by atoms with Gasteiger partial charge < -0.3 is 26.4 Å². The third kappa shape index (κ3) is 9.94. The van der Waals surface area contributed by atoms with Gasteiger partial charge in [-0.1, -0.05) is 71.0 Å². The SMILES string of the molecule is Cc1cc(OCCOCC[N+](C)(C)Cc2ccccc2)ccc1C(C)(C)CC(C)(C)C.[Cl-]. The van der Waals surface area contributed by atoms with Gasteiger partial charge in [-0.3, -0.25) is 0 Å². The van der Waals surface area contributed by atoms with Gasteiger partial charge in [0, 0.05) is 5.56 Å². The molecule has 0 aromatic heterocycles. The van der Waals surface area contributed by atoms with Gasteiger partial charge in [0.05, 0.1) is 27.3 Å². The highest BCUT2D eigenvalue weighted by Gasteiger charge is 2.28. The molecule has 3 nitrogen and oxygen atoms in total. The van der Waals surface area contributed by atoms with Crippen LogP contribution < -0.4 is 17.1 Å². The van der Waals surface area contributed by atoms with Gasteiger partial charge in [0.15, 0.2) is 0 Å². The van der Waals surface area contributed by atoms with Crippen molar-refractivity contribution in [2.45, 2.75) is 59.9 Å². The molecule has 0 radical (unpaired) electrons. The van der Waals surface area contributed by atoms with Gasteiger partial charge in [0.1, 0.15) is 25.4 Å². The predicted molar refractivity (Wildman–Crippen MR) is 132 cm³/mol. The zero-order valence-electron chi connectivity index (χ0n) is 21.5. The summed E-state index contributed by atoms with van der Waals surface area (Å²) in [5.74, 6) is 0.927. The Balaban J connectivity index is 0.00000512. The summed E-state index contributed by atoms with van der Waals surface area (Å²) in [5.41, 5.74) is 4.52. The first-order valence-corrected chi connectivity index (χ1v) is 11.6. The third-order valence-electron chi connectivity index (χ3n) is 5.69. The Morgan fingerprint density at radius 1 is 0.844 bits per heavy atom. The van der Waals surface area contributed by atoms with Gasteiger partial charge in [-0.25, -0.2) is 0 Å². The predicted octanol–water partition coefficient (Wildman–Crippen LogP) is 3.38. The molecule has 0 saturated heterocycles. The number of quaternary nitrogens is 1. The second-order valence-corrected chi connectivity index (χ2v) is 11.4. The van der Waals surface area contributed by atoms with Gasteiger partial charge >= 0.3 is 0 Å². The zero-order chi connectivity index (χ0) is 23.1. The number of nitrogens with zero attached hydrogens (tertiary/aromatic N) is 1. The van der Waals surface area contributed by atoms with Crippen LogP contribution in [0.2, 0.25) is 0 Å². The lowest BCUT2D eigenvalue weighted by atomic mass is 9.71. The number of halogens is 1. The molecule has 0 bridgehead atoms. The second kappa shape index (κ2) is 12.1. The van der Waals surface area contributed by atoms with Gasteiger partial charge in [0.25, 0.3) is 0 Å². The number of hydrogen-bond donors (Lipinski definition) is 0. The highest BCUT2D eigenvalue weighted by Crippen LogP contribution is 2.38. The van der Waals surface area contributed by atoms with Crippen molar-refractivity contribution in [3.8, 4) is 5.75 Å². The molecule has 2 rings (SSSR count). The summed E-state index contributed by atoms with van der Waals surface area (Å²) in [5, 5.41) is 0. The fourth-order valence-electron chi connectivity index (χ4n) is 4.70. The molecule has 0 spiro atoms. The number of likely N-dealkylation sites (N-methyl/N-ethyl adjacent to an activating group) is 1. The van der Waals surface area contributed by atoms with Crippen molar-refractivity contribution in [3.63, 3.8) is 0 Å². The van der Waals surface area contributed by atoms with Gasteiger partial charge in [-0.05, 0) is 47.4 Å². The molecule has 32 heavy (non-hydrogen) atoms. The average molecular weight is 462 g/mol.